The van der Waals surface area contributed by atoms with Crippen molar-refractivity contribution in [2.45, 2.75) is 25.8 Å². The van der Waals surface area contributed by atoms with Crippen LogP contribution < -0.4 is 5.46 Å². The van der Waals surface area contributed by atoms with Gasteiger partial charge >= 0.3 is 7.48 Å². The van der Waals surface area contributed by atoms with E-state index in [4.69, 9.17) is 9.76 Å². The van der Waals surface area contributed by atoms with Crippen LogP contribution in [0.5, 0.6) is 0 Å². The molecule has 6 heteroatoms. The number of hydrogen-bond acceptors (Lipinski definition) is 3. The van der Waals surface area contributed by atoms with Crippen LogP contribution in [0, 0.1) is 5.82 Å². The highest BCUT2D eigenvalue weighted by Gasteiger charge is 2.31. The summed E-state index contributed by atoms with van der Waals surface area (Å²) in [5, 5.41) is 9.07. The second kappa shape index (κ2) is 6.86. The highest BCUT2D eigenvalue weighted by Crippen LogP contribution is 2.21. The molecular weight excluding hydrogens is 260 g/mol. The van der Waals surface area contributed by atoms with Crippen molar-refractivity contribution in [2.75, 3.05) is 19.8 Å². The number of hydrogen-bond donors (Lipinski definition) is 1. The first-order valence-corrected chi connectivity index (χ1v) is 6.96. The SMILES string of the molecule is CCOC[C@H]1CCCN1C(=O)c1cccc(BO)c1F. The third-order valence-corrected chi connectivity index (χ3v) is 3.63. The highest BCUT2D eigenvalue weighted by atomic mass is 19.1. The maximum atomic E-state index is 14.1. The molecule has 1 N–H and O–H groups in total. The average Bonchev–Trinajstić information content (AvgIpc) is 2.93. The quantitative estimate of drug-likeness (QED) is 0.795. The average molecular weight is 279 g/mol. The summed E-state index contributed by atoms with van der Waals surface area (Å²) in [4.78, 5) is 14.1. The number of rotatable bonds is 5. The summed E-state index contributed by atoms with van der Waals surface area (Å²) in [6.45, 7) is 3.63. The fourth-order valence-corrected chi connectivity index (χ4v) is 2.55. The van der Waals surface area contributed by atoms with E-state index in [1.807, 2.05) is 6.92 Å². The van der Waals surface area contributed by atoms with Crippen LogP contribution in [-0.2, 0) is 4.74 Å². The molecule has 108 valence electrons. The molecule has 0 aliphatic carbocycles. The number of likely N-dealkylation sites (tertiary alicyclic amines) is 1. The molecule has 0 unspecified atom stereocenters. The summed E-state index contributed by atoms with van der Waals surface area (Å²) in [6, 6.07) is 4.55. The molecule has 1 fully saturated rings. The van der Waals surface area contributed by atoms with Crippen LogP contribution in [0.1, 0.15) is 30.1 Å². The van der Waals surface area contributed by atoms with Gasteiger partial charge in [-0.05, 0) is 31.3 Å². The molecule has 2 rings (SSSR count). The Labute approximate surface area is 118 Å². The Bertz CT molecular complexity index is 483. The minimum atomic E-state index is -0.623. The van der Waals surface area contributed by atoms with Gasteiger partial charge in [-0.2, -0.15) is 0 Å². The smallest absolute Gasteiger partial charge is 0.307 e. The Morgan fingerprint density at radius 1 is 1.60 bits per heavy atom. The van der Waals surface area contributed by atoms with Gasteiger partial charge in [0.05, 0.1) is 18.2 Å². The topological polar surface area (TPSA) is 49.8 Å². The fraction of sp³-hybridized carbons (Fsp3) is 0.500. The summed E-state index contributed by atoms with van der Waals surface area (Å²) in [7, 11) is -0.407. The molecule has 1 aliphatic rings. The molecule has 1 atom stereocenters. The normalized spacial score (nSPS) is 18.4. The lowest BCUT2D eigenvalue weighted by Crippen LogP contribution is -2.39. The van der Waals surface area contributed by atoms with E-state index in [2.05, 4.69) is 0 Å². The first-order valence-electron chi connectivity index (χ1n) is 6.96. The minimum Gasteiger partial charge on any atom is -0.449 e. The lowest BCUT2D eigenvalue weighted by Gasteiger charge is -2.25. The van der Waals surface area contributed by atoms with Crippen molar-refractivity contribution in [1.29, 1.82) is 0 Å². The maximum absolute atomic E-state index is 14.1. The molecule has 1 heterocycles. The number of ether oxygens (including phenoxy) is 1. The van der Waals surface area contributed by atoms with Crippen molar-refractivity contribution < 1.29 is 18.9 Å². The molecule has 1 aromatic carbocycles. The van der Waals surface area contributed by atoms with E-state index in [1.165, 1.54) is 12.1 Å². The maximum Gasteiger partial charge on any atom is 0.307 e. The molecule has 20 heavy (non-hydrogen) atoms. The van der Waals surface area contributed by atoms with E-state index in [1.54, 1.807) is 11.0 Å². The Morgan fingerprint density at radius 2 is 2.40 bits per heavy atom. The minimum absolute atomic E-state index is 0.0135. The number of amides is 1. The second-order valence-corrected chi connectivity index (χ2v) is 4.89. The van der Waals surface area contributed by atoms with Crippen LogP contribution >= 0.6 is 0 Å². The van der Waals surface area contributed by atoms with Crippen molar-refractivity contribution in [2.24, 2.45) is 0 Å². The lowest BCUT2D eigenvalue weighted by atomic mass is 9.86. The van der Waals surface area contributed by atoms with Gasteiger partial charge in [-0.15, -0.1) is 0 Å². The second-order valence-electron chi connectivity index (χ2n) is 4.89. The molecule has 1 aromatic rings. The van der Waals surface area contributed by atoms with Crippen LogP contribution in [0.3, 0.4) is 0 Å². The summed E-state index contributed by atoms with van der Waals surface area (Å²) in [5.41, 5.74) is 0.177. The largest absolute Gasteiger partial charge is 0.449 e. The van der Waals surface area contributed by atoms with Gasteiger partial charge in [-0.3, -0.25) is 4.79 Å². The van der Waals surface area contributed by atoms with Crippen molar-refractivity contribution >= 4 is 18.9 Å². The summed E-state index contributed by atoms with van der Waals surface area (Å²) >= 11 is 0. The van der Waals surface area contributed by atoms with Crippen molar-refractivity contribution in [3.05, 3.63) is 29.6 Å². The van der Waals surface area contributed by atoms with Crippen molar-refractivity contribution in [3.63, 3.8) is 0 Å². The van der Waals surface area contributed by atoms with Gasteiger partial charge in [0.25, 0.3) is 5.91 Å². The molecule has 4 nitrogen and oxygen atoms in total. The highest BCUT2D eigenvalue weighted by molar-refractivity contribution is 6.45. The third kappa shape index (κ3) is 3.02. The summed E-state index contributed by atoms with van der Waals surface area (Å²) in [5.74, 6) is -0.943. The molecule has 0 spiro atoms. The van der Waals surface area contributed by atoms with E-state index in [9.17, 15) is 9.18 Å². The molecule has 1 amide bonds. The first kappa shape index (κ1) is 15.0. The molecule has 0 saturated carbocycles. The van der Waals surface area contributed by atoms with Crippen LogP contribution in [0.15, 0.2) is 18.2 Å². The predicted molar refractivity (Wildman–Crippen MR) is 76.0 cm³/mol. The van der Waals surface area contributed by atoms with E-state index in [0.717, 1.165) is 12.8 Å². The summed E-state index contributed by atoms with van der Waals surface area (Å²) in [6.07, 6.45) is 1.79. The molecular formula is C14H19BFNO3. The van der Waals surface area contributed by atoms with Crippen molar-refractivity contribution in [3.8, 4) is 0 Å². The first-order chi connectivity index (χ1) is 9.69. The number of halogens is 1. The Kier molecular flexibility index (Phi) is 5.14. The summed E-state index contributed by atoms with van der Waals surface area (Å²) < 4.78 is 19.5. The van der Waals surface area contributed by atoms with Gasteiger partial charge in [0, 0.05) is 13.2 Å². The molecule has 1 aliphatic heterocycles. The standard InChI is InChI=1S/C14H19BFNO3/c1-2-20-9-10-5-4-8-17(10)14(18)11-6-3-7-12(15-19)13(11)16/h3,6-7,10,15,19H,2,4-5,8-9H2,1H3/t10-/m1/s1. The monoisotopic (exact) mass is 279 g/mol. The number of carbonyl (C=O) groups excluding carboxylic acids is 1. The van der Waals surface area contributed by atoms with Crippen molar-refractivity contribution in [1.82, 2.24) is 4.90 Å². The van der Waals surface area contributed by atoms with E-state index in [-0.39, 0.29) is 23.0 Å². The van der Waals surface area contributed by atoms with Gasteiger partial charge in [0.2, 0.25) is 0 Å². The molecule has 1 saturated heterocycles. The molecule has 0 bridgehead atoms. The van der Waals surface area contributed by atoms with Gasteiger partial charge in [-0.25, -0.2) is 4.39 Å². The Morgan fingerprint density at radius 3 is 3.10 bits per heavy atom. The molecule has 0 radical (unpaired) electrons. The zero-order chi connectivity index (χ0) is 14.5. The Balaban J connectivity index is 2.18. The lowest BCUT2D eigenvalue weighted by molar-refractivity contribution is 0.0561. The van der Waals surface area contributed by atoms with Crippen LogP contribution in [0.2, 0.25) is 0 Å². The Hall–Kier alpha value is -1.40. The van der Waals surface area contributed by atoms with Crippen LogP contribution in [0.4, 0.5) is 4.39 Å². The van der Waals surface area contributed by atoms with E-state index in [0.29, 0.717) is 19.8 Å². The third-order valence-electron chi connectivity index (χ3n) is 3.63. The van der Waals surface area contributed by atoms with Crippen LogP contribution in [0.25, 0.3) is 0 Å². The van der Waals surface area contributed by atoms with Gasteiger partial charge in [0.15, 0.2) is 0 Å². The predicted octanol–water partition coefficient (Wildman–Crippen LogP) is 0.436. The van der Waals surface area contributed by atoms with Gasteiger partial charge in [-0.1, -0.05) is 12.1 Å². The zero-order valence-corrected chi connectivity index (χ0v) is 11.6. The zero-order valence-electron chi connectivity index (χ0n) is 11.6. The van der Waals surface area contributed by atoms with E-state index >= 15 is 0 Å². The fourth-order valence-electron chi connectivity index (χ4n) is 2.55. The number of nitrogens with zero attached hydrogens (tertiary/aromatic N) is 1. The number of benzene rings is 1. The van der Waals surface area contributed by atoms with Gasteiger partial charge < -0.3 is 14.7 Å². The van der Waals surface area contributed by atoms with Crippen LogP contribution in [-0.4, -0.2) is 49.1 Å². The van der Waals surface area contributed by atoms with E-state index < -0.39 is 13.3 Å². The van der Waals surface area contributed by atoms with Gasteiger partial charge in [0.1, 0.15) is 5.82 Å². The molecule has 0 aromatic heterocycles. The number of carbonyl (C=O) groups is 1.